The summed E-state index contributed by atoms with van der Waals surface area (Å²) in [7, 11) is -3.73. The summed E-state index contributed by atoms with van der Waals surface area (Å²) in [6.45, 7) is 0. The number of sulfonamides is 1. The first kappa shape index (κ1) is 14.6. The highest BCUT2D eigenvalue weighted by atomic mass is 32.2. The summed E-state index contributed by atoms with van der Waals surface area (Å²) in [5.74, 6) is 0.607. The number of aromatic amines is 1. The van der Waals surface area contributed by atoms with E-state index < -0.39 is 10.0 Å². The van der Waals surface area contributed by atoms with Crippen molar-refractivity contribution in [1.82, 2.24) is 19.7 Å². The summed E-state index contributed by atoms with van der Waals surface area (Å²) in [5, 5.41) is 12.0. The molecule has 9 heteroatoms. The number of pyridine rings is 1. The van der Waals surface area contributed by atoms with Crippen molar-refractivity contribution >= 4 is 22.2 Å². The van der Waals surface area contributed by atoms with Crippen LogP contribution in [-0.2, 0) is 10.0 Å². The number of aromatic nitrogens is 4. The van der Waals surface area contributed by atoms with Crippen LogP contribution in [0.2, 0.25) is 0 Å². The van der Waals surface area contributed by atoms with Crippen LogP contribution in [0.5, 0.6) is 0 Å². The molecule has 0 amide bonds. The van der Waals surface area contributed by atoms with Gasteiger partial charge >= 0.3 is 0 Å². The Morgan fingerprint density at radius 1 is 1.09 bits per heavy atom. The molecule has 7 nitrogen and oxygen atoms in total. The summed E-state index contributed by atoms with van der Waals surface area (Å²) in [5.41, 5.74) is 1.51. The Morgan fingerprint density at radius 3 is 2.32 bits per heavy atom. The molecule has 2 heterocycles. The molecule has 0 saturated carbocycles. The zero-order valence-electron chi connectivity index (χ0n) is 11.2. The van der Waals surface area contributed by atoms with Gasteiger partial charge in [-0.15, -0.1) is 0 Å². The van der Waals surface area contributed by atoms with Gasteiger partial charge in [-0.1, -0.05) is 0 Å². The third-order valence-electron chi connectivity index (χ3n) is 3.03. The number of hydrogen-bond acceptors (Lipinski definition) is 5. The molecule has 3 aromatic rings. The van der Waals surface area contributed by atoms with E-state index in [0.29, 0.717) is 16.3 Å². The molecule has 3 rings (SSSR count). The molecule has 0 bridgehead atoms. The molecular formula is C13H11N5O2S2. The molecule has 0 atom stereocenters. The van der Waals surface area contributed by atoms with Crippen LogP contribution in [0.4, 0.5) is 0 Å². The monoisotopic (exact) mass is 333 g/mol. The van der Waals surface area contributed by atoms with Crippen molar-refractivity contribution < 1.29 is 8.42 Å². The quantitative estimate of drug-likeness (QED) is 0.709. The Bertz CT molecular complexity index is 960. The average molecular weight is 333 g/mol. The number of primary sulfonamides is 1. The first-order chi connectivity index (χ1) is 10.5. The number of nitrogens with two attached hydrogens (primary N) is 1. The van der Waals surface area contributed by atoms with Crippen molar-refractivity contribution in [3.8, 4) is 17.1 Å². The summed E-state index contributed by atoms with van der Waals surface area (Å²) >= 11 is 5.25. The molecule has 0 aliphatic carbocycles. The van der Waals surface area contributed by atoms with Gasteiger partial charge in [0.25, 0.3) is 0 Å². The van der Waals surface area contributed by atoms with Gasteiger partial charge in [-0.2, -0.15) is 5.10 Å². The molecule has 112 valence electrons. The Balaban J connectivity index is 2.14. The highest BCUT2D eigenvalue weighted by Gasteiger charge is 2.12. The molecule has 22 heavy (non-hydrogen) atoms. The highest BCUT2D eigenvalue weighted by Crippen LogP contribution is 2.21. The van der Waals surface area contributed by atoms with Gasteiger partial charge in [0.1, 0.15) is 0 Å². The van der Waals surface area contributed by atoms with Gasteiger partial charge in [0.15, 0.2) is 10.6 Å². The average Bonchev–Trinajstić information content (AvgIpc) is 2.89. The minimum atomic E-state index is -3.73. The second-order valence-corrected chi connectivity index (χ2v) is 6.41. The lowest BCUT2D eigenvalue weighted by atomic mass is 10.2. The van der Waals surface area contributed by atoms with Crippen LogP contribution < -0.4 is 5.14 Å². The van der Waals surface area contributed by atoms with Crippen molar-refractivity contribution in [1.29, 1.82) is 0 Å². The van der Waals surface area contributed by atoms with Gasteiger partial charge in [0.05, 0.1) is 10.6 Å². The van der Waals surface area contributed by atoms with E-state index in [9.17, 15) is 8.42 Å². The predicted molar refractivity (Wildman–Crippen MR) is 83.4 cm³/mol. The maximum absolute atomic E-state index is 11.3. The fourth-order valence-electron chi connectivity index (χ4n) is 2.02. The predicted octanol–water partition coefficient (Wildman–Crippen LogP) is 1.64. The maximum atomic E-state index is 11.3. The van der Waals surface area contributed by atoms with Crippen molar-refractivity contribution in [2.75, 3.05) is 0 Å². The van der Waals surface area contributed by atoms with Crippen molar-refractivity contribution in [2.45, 2.75) is 4.90 Å². The molecular weight excluding hydrogens is 322 g/mol. The van der Waals surface area contributed by atoms with Crippen molar-refractivity contribution in [3.63, 3.8) is 0 Å². The summed E-state index contributed by atoms with van der Waals surface area (Å²) in [6, 6.07) is 9.71. The summed E-state index contributed by atoms with van der Waals surface area (Å²) < 4.78 is 24.7. The van der Waals surface area contributed by atoms with E-state index in [-0.39, 0.29) is 4.90 Å². The largest absolute Gasteiger partial charge is 0.268 e. The molecule has 1 aromatic carbocycles. The van der Waals surface area contributed by atoms with Crippen LogP contribution in [0.15, 0.2) is 53.7 Å². The third kappa shape index (κ3) is 2.69. The fraction of sp³-hybridized carbons (Fsp3) is 0. The van der Waals surface area contributed by atoms with Crippen molar-refractivity contribution in [2.24, 2.45) is 5.14 Å². The summed E-state index contributed by atoms with van der Waals surface area (Å²) in [4.78, 5) is 4.00. The minimum Gasteiger partial charge on any atom is -0.268 e. The van der Waals surface area contributed by atoms with Crippen LogP contribution in [0.25, 0.3) is 17.1 Å². The Kier molecular flexibility index (Phi) is 3.61. The third-order valence-corrected chi connectivity index (χ3v) is 4.24. The lowest BCUT2D eigenvalue weighted by Crippen LogP contribution is -2.12. The van der Waals surface area contributed by atoms with Gasteiger partial charge in [-0.05, 0) is 48.6 Å². The van der Waals surface area contributed by atoms with Crippen LogP contribution in [0.3, 0.4) is 0 Å². The van der Waals surface area contributed by atoms with Gasteiger partial charge < -0.3 is 0 Å². The van der Waals surface area contributed by atoms with Gasteiger partial charge in [-0.25, -0.2) is 13.6 Å². The Morgan fingerprint density at radius 2 is 1.73 bits per heavy atom. The standard InChI is InChI=1S/C13H11N5O2S2/c14-22(19,20)11-3-1-10(2-4-11)18-12(16-17-13(18)21)9-5-7-15-8-6-9/h1-8H,(H,17,21)(H2,14,19,20). The van der Waals surface area contributed by atoms with Gasteiger partial charge in [0.2, 0.25) is 10.0 Å². The Hall–Kier alpha value is -2.36. The number of hydrogen-bond donors (Lipinski definition) is 2. The molecule has 0 saturated heterocycles. The first-order valence-electron chi connectivity index (χ1n) is 6.18. The van der Waals surface area contributed by atoms with Crippen LogP contribution in [0, 0.1) is 4.77 Å². The first-order valence-corrected chi connectivity index (χ1v) is 8.13. The van der Waals surface area contributed by atoms with Crippen LogP contribution in [0.1, 0.15) is 0 Å². The fourth-order valence-corrected chi connectivity index (χ4v) is 2.77. The van der Waals surface area contributed by atoms with E-state index in [1.54, 1.807) is 41.2 Å². The smallest absolute Gasteiger partial charge is 0.238 e. The van der Waals surface area contributed by atoms with Gasteiger partial charge in [0, 0.05) is 18.0 Å². The zero-order valence-corrected chi connectivity index (χ0v) is 12.8. The maximum Gasteiger partial charge on any atom is 0.238 e. The Labute approximate surface area is 131 Å². The number of rotatable bonds is 3. The molecule has 0 radical (unpaired) electrons. The molecule has 2 aromatic heterocycles. The van der Waals surface area contributed by atoms with Crippen LogP contribution >= 0.6 is 12.2 Å². The van der Waals surface area contributed by atoms with Crippen LogP contribution in [-0.4, -0.2) is 28.2 Å². The van der Waals surface area contributed by atoms with Gasteiger partial charge in [-0.3, -0.25) is 14.6 Å². The number of benzene rings is 1. The zero-order chi connectivity index (χ0) is 15.7. The van der Waals surface area contributed by atoms with E-state index in [4.69, 9.17) is 17.4 Å². The normalized spacial score (nSPS) is 11.5. The topological polar surface area (TPSA) is 107 Å². The van der Waals surface area contributed by atoms with Crippen molar-refractivity contribution in [3.05, 3.63) is 53.6 Å². The molecule has 0 unspecified atom stereocenters. The van der Waals surface area contributed by atoms with E-state index in [1.807, 2.05) is 0 Å². The SMILES string of the molecule is NS(=O)(=O)c1ccc(-n2c(-c3ccncc3)n[nH]c2=S)cc1. The number of nitrogens with zero attached hydrogens (tertiary/aromatic N) is 3. The second-order valence-electron chi connectivity index (χ2n) is 4.46. The number of H-pyrrole nitrogens is 1. The number of nitrogens with one attached hydrogen (secondary N) is 1. The molecule has 3 N–H and O–H groups in total. The van der Waals surface area contributed by atoms with E-state index >= 15 is 0 Å². The molecule has 0 aliphatic rings. The highest BCUT2D eigenvalue weighted by molar-refractivity contribution is 7.89. The second kappa shape index (κ2) is 5.44. The summed E-state index contributed by atoms with van der Waals surface area (Å²) in [6.07, 6.45) is 3.31. The molecule has 0 fully saturated rings. The lowest BCUT2D eigenvalue weighted by molar-refractivity contribution is 0.598. The van der Waals surface area contributed by atoms with E-state index in [2.05, 4.69) is 15.2 Å². The minimum absolute atomic E-state index is 0.0386. The molecule has 0 spiro atoms. The van der Waals surface area contributed by atoms with E-state index in [0.717, 1.165) is 5.56 Å². The lowest BCUT2D eigenvalue weighted by Gasteiger charge is -2.07. The van der Waals surface area contributed by atoms with E-state index in [1.165, 1.54) is 12.1 Å². The molecule has 0 aliphatic heterocycles.